The van der Waals surface area contributed by atoms with Crippen molar-refractivity contribution in [2.24, 2.45) is 0 Å². The highest BCUT2D eigenvalue weighted by Crippen LogP contribution is 2.15. The molecule has 1 atom stereocenters. The summed E-state index contributed by atoms with van der Waals surface area (Å²) in [5, 5.41) is 0. The molecule has 0 spiro atoms. The van der Waals surface area contributed by atoms with Crippen molar-refractivity contribution in [2.45, 2.75) is 13.0 Å². The molecule has 0 aliphatic heterocycles. The highest BCUT2D eigenvalue weighted by Gasteiger charge is 2.17. The monoisotopic (exact) mass is 210 g/mol. The second-order valence-electron chi connectivity index (χ2n) is 3.92. The molecule has 0 amide bonds. The van der Waals surface area contributed by atoms with Gasteiger partial charge in [0.05, 0.1) is 20.7 Å². The summed E-state index contributed by atoms with van der Waals surface area (Å²) < 4.78 is 5.41. The highest BCUT2D eigenvalue weighted by atomic mass is 16.5. The minimum absolute atomic E-state index is 0.473. The van der Waals surface area contributed by atoms with Gasteiger partial charge < -0.3 is 15.4 Å². The molecule has 84 valence electrons. The van der Waals surface area contributed by atoms with Crippen molar-refractivity contribution in [2.75, 3.05) is 27.2 Å². The summed E-state index contributed by atoms with van der Waals surface area (Å²) in [5.74, 6) is 0.942. The fourth-order valence-corrected chi connectivity index (χ4v) is 1.75. The first-order chi connectivity index (χ1) is 7.19. The van der Waals surface area contributed by atoms with Gasteiger partial charge in [-0.15, -0.1) is 0 Å². The fourth-order valence-electron chi connectivity index (χ4n) is 1.75. The van der Waals surface area contributed by atoms with Crippen molar-refractivity contribution in [1.82, 2.24) is 0 Å². The number of hydrogen-bond acceptors (Lipinski definition) is 1. The van der Waals surface area contributed by atoms with E-state index in [1.54, 1.807) is 0 Å². The maximum absolute atomic E-state index is 5.41. The summed E-state index contributed by atoms with van der Waals surface area (Å²) >= 11 is 0. The Bertz CT molecular complexity index is 282. The third-order valence-corrected chi connectivity index (χ3v) is 2.58. The van der Waals surface area contributed by atoms with Crippen molar-refractivity contribution in [3.05, 3.63) is 29.8 Å². The molecule has 3 heteroatoms. The van der Waals surface area contributed by atoms with Gasteiger partial charge in [0.1, 0.15) is 12.3 Å². The van der Waals surface area contributed by atoms with Crippen molar-refractivity contribution in [3.63, 3.8) is 0 Å². The zero-order valence-electron chi connectivity index (χ0n) is 9.92. The second-order valence-corrected chi connectivity index (χ2v) is 3.92. The summed E-state index contributed by atoms with van der Waals surface area (Å²) in [6.45, 7) is 3.63. The van der Waals surface area contributed by atoms with Crippen LogP contribution in [0.4, 0.5) is 0 Å². The van der Waals surface area contributed by atoms with Crippen LogP contribution in [-0.2, 0) is 0 Å². The van der Waals surface area contributed by atoms with Crippen LogP contribution in [0.1, 0.15) is 18.5 Å². The van der Waals surface area contributed by atoms with Crippen LogP contribution in [0.2, 0.25) is 0 Å². The lowest BCUT2D eigenvalue weighted by molar-refractivity contribution is -0.899. The van der Waals surface area contributed by atoms with Crippen LogP contribution in [0.15, 0.2) is 24.3 Å². The molecule has 0 fully saturated rings. The summed E-state index contributed by atoms with van der Waals surface area (Å²) in [5.41, 5.74) is 5.32. The third kappa shape index (κ3) is 3.22. The lowest BCUT2D eigenvalue weighted by Gasteiger charge is -2.18. The molecule has 1 aromatic rings. The number of hydrogen-bond donors (Lipinski definition) is 2. The van der Waals surface area contributed by atoms with E-state index in [2.05, 4.69) is 32.0 Å². The molecule has 0 aromatic heterocycles. The summed E-state index contributed by atoms with van der Waals surface area (Å²) in [6.07, 6.45) is 0. The molecule has 0 unspecified atom stereocenters. The van der Waals surface area contributed by atoms with Gasteiger partial charge in [-0.05, 0) is 31.2 Å². The zero-order valence-corrected chi connectivity index (χ0v) is 9.92. The van der Waals surface area contributed by atoms with E-state index in [-0.39, 0.29) is 0 Å². The molecule has 0 aliphatic rings. The quantitative estimate of drug-likeness (QED) is 0.677. The van der Waals surface area contributed by atoms with E-state index in [0.717, 1.165) is 18.9 Å². The molecule has 0 saturated carbocycles. The summed E-state index contributed by atoms with van der Waals surface area (Å²) in [6, 6.07) is 8.80. The van der Waals surface area contributed by atoms with E-state index in [1.165, 1.54) is 10.5 Å². The van der Waals surface area contributed by atoms with Crippen LogP contribution in [0, 0.1) is 0 Å². The highest BCUT2D eigenvalue weighted by molar-refractivity contribution is 5.28. The van der Waals surface area contributed by atoms with Gasteiger partial charge in [-0.25, -0.2) is 0 Å². The average molecular weight is 210 g/mol. The Balaban J connectivity index is 2.77. The van der Waals surface area contributed by atoms with E-state index in [0.29, 0.717) is 6.04 Å². The topological polar surface area (TPSA) is 41.3 Å². The Hall–Kier alpha value is -1.06. The Labute approximate surface area is 91.8 Å². The predicted molar refractivity (Wildman–Crippen MR) is 60.9 cm³/mol. The van der Waals surface area contributed by atoms with Gasteiger partial charge in [-0.2, -0.15) is 0 Å². The molecule has 1 aromatic carbocycles. The average Bonchev–Trinajstić information content (AvgIpc) is 2.21. The van der Waals surface area contributed by atoms with Gasteiger partial charge in [0.15, 0.2) is 6.04 Å². The normalized spacial score (nSPS) is 12.9. The zero-order chi connectivity index (χ0) is 11.3. The Morgan fingerprint density at radius 1 is 1.27 bits per heavy atom. The molecule has 0 saturated heterocycles. The molecule has 0 heterocycles. The van der Waals surface area contributed by atoms with Crippen molar-refractivity contribution in [1.29, 1.82) is 0 Å². The van der Waals surface area contributed by atoms with Crippen molar-refractivity contribution >= 4 is 0 Å². The first kappa shape index (κ1) is 12.0. The van der Waals surface area contributed by atoms with Crippen LogP contribution in [0.25, 0.3) is 0 Å². The van der Waals surface area contributed by atoms with E-state index in [9.17, 15) is 0 Å². The van der Waals surface area contributed by atoms with E-state index in [1.807, 2.05) is 19.1 Å². The first-order valence-electron chi connectivity index (χ1n) is 5.51. The Kier molecular flexibility index (Phi) is 4.59. The van der Waals surface area contributed by atoms with E-state index in [4.69, 9.17) is 4.74 Å². The van der Waals surface area contributed by atoms with Gasteiger partial charge in [-0.1, -0.05) is 0 Å². The minimum atomic E-state index is 0.473. The smallest absolute Gasteiger partial charge is 0.162 e. The standard InChI is InChI=1S/C12H20N2O/c1-4-15-11-7-5-10(6-8-11)12(9-13)14(2)3/h5-8,12H,4,9,13H2,1-3H3/p+2/t12-/m0/s1. The SMILES string of the molecule is CCOc1ccc([C@H](C[NH3+])[NH+](C)C)cc1. The molecular weight excluding hydrogens is 188 g/mol. The molecular formula is C12H22N2O+2. The first-order valence-corrected chi connectivity index (χ1v) is 5.51. The number of likely N-dealkylation sites (N-methyl/N-ethyl adjacent to an activating group) is 1. The van der Waals surface area contributed by atoms with Gasteiger partial charge in [0, 0.05) is 5.56 Å². The maximum atomic E-state index is 5.41. The number of ether oxygens (including phenoxy) is 1. The molecule has 0 radical (unpaired) electrons. The Morgan fingerprint density at radius 3 is 2.27 bits per heavy atom. The van der Waals surface area contributed by atoms with Crippen LogP contribution in [-0.4, -0.2) is 27.2 Å². The van der Waals surface area contributed by atoms with Crippen molar-refractivity contribution < 1.29 is 15.4 Å². The lowest BCUT2D eigenvalue weighted by atomic mass is 10.1. The molecule has 0 bridgehead atoms. The predicted octanol–water partition coefficient (Wildman–Crippen LogP) is -0.487. The summed E-state index contributed by atoms with van der Waals surface area (Å²) in [7, 11) is 4.32. The fraction of sp³-hybridized carbons (Fsp3) is 0.500. The van der Waals surface area contributed by atoms with E-state index < -0.39 is 0 Å². The number of nitrogens with one attached hydrogen (secondary N) is 1. The van der Waals surface area contributed by atoms with Gasteiger partial charge in [0.2, 0.25) is 0 Å². The largest absolute Gasteiger partial charge is 0.494 e. The third-order valence-electron chi connectivity index (χ3n) is 2.58. The van der Waals surface area contributed by atoms with Crippen molar-refractivity contribution in [3.8, 4) is 5.75 Å². The van der Waals surface area contributed by atoms with Gasteiger partial charge in [-0.3, -0.25) is 0 Å². The summed E-state index contributed by atoms with van der Waals surface area (Å²) in [4.78, 5) is 1.41. The van der Waals surface area contributed by atoms with Crippen LogP contribution < -0.4 is 15.4 Å². The second kappa shape index (κ2) is 5.73. The van der Waals surface area contributed by atoms with Crippen LogP contribution in [0.5, 0.6) is 5.75 Å². The Morgan fingerprint density at radius 2 is 1.87 bits per heavy atom. The number of rotatable bonds is 5. The van der Waals surface area contributed by atoms with Crippen LogP contribution >= 0.6 is 0 Å². The van der Waals surface area contributed by atoms with Crippen LogP contribution in [0.3, 0.4) is 0 Å². The van der Waals surface area contributed by atoms with E-state index >= 15 is 0 Å². The molecule has 3 nitrogen and oxygen atoms in total. The number of benzene rings is 1. The number of quaternary nitrogens is 2. The molecule has 1 rings (SSSR count). The molecule has 4 N–H and O–H groups in total. The minimum Gasteiger partial charge on any atom is -0.494 e. The molecule has 0 aliphatic carbocycles. The molecule has 15 heavy (non-hydrogen) atoms. The van der Waals surface area contributed by atoms with Gasteiger partial charge >= 0.3 is 0 Å². The maximum Gasteiger partial charge on any atom is 0.162 e. The van der Waals surface area contributed by atoms with Gasteiger partial charge in [0.25, 0.3) is 0 Å². The lowest BCUT2D eigenvalue weighted by Crippen LogP contribution is -3.07.